The second kappa shape index (κ2) is 52.9. The molecule has 0 radical (unpaired) electrons. The van der Waals surface area contributed by atoms with Crippen molar-refractivity contribution < 1.29 is 37.3 Å². The number of likely N-dealkylation sites (N-methyl/N-ethyl adjacent to an activating group) is 1. The number of hydrogen-bond acceptors (Lipinski definition) is 7. The number of phosphoric acid groups is 1. The van der Waals surface area contributed by atoms with Gasteiger partial charge in [-0.05, 0) is 76.7 Å². The van der Waals surface area contributed by atoms with Gasteiger partial charge >= 0.3 is 5.97 Å². The summed E-state index contributed by atoms with van der Waals surface area (Å²) < 4.78 is 30.2. The van der Waals surface area contributed by atoms with Crippen LogP contribution in [0, 0.1) is 0 Å². The van der Waals surface area contributed by atoms with Crippen LogP contribution in [0.2, 0.25) is 0 Å². The lowest BCUT2D eigenvalue weighted by Gasteiger charge is -2.30. The lowest BCUT2D eigenvalue weighted by Crippen LogP contribution is -2.47. The molecule has 0 aromatic rings. The summed E-state index contributed by atoms with van der Waals surface area (Å²) in [6.07, 6.45) is 67.3. The van der Waals surface area contributed by atoms with E-state index in [4.69, 9.17) is 13.8 Å². The molecule has 0 spiro atoms. The zero-order valence-electron chi connectivity index (χ0n) is 48.3. The van der Waals surface area contributed by atoms with Crippen LogP contribution < -0.4 is 10.2 Å². The molecule has 10 heteroatoms. The summed E-state index contributed by atoms with van der Waals surface area (Å²) in [5.74, 6) is -0.547. The first-order valence-corrected chi connectivity index (χ1v) is 31.7. The average Bonchev–Trinajstić information content (AvgIpc) is 3.35. The van der Waals surface area contributed by atoms with Gasteiger partial charge in [0, 0.05) is 12.8 Å². The summed E-state index contributed by atoms with van der Waals surface area (Å²) in [7, 11) is 1.18. The molecule has 0 bridgehead atoms. The number of carbonyl (C=O) groups excluding carboxylic acids is 2. The number of allylic oxidation sites excluding steroid dienone is 11. The van der Waals surface area contributed by atoms with Gasteiger partial charge in [-0.15, -0.1) is 0 Å². The van der Waals surface area contributed by atoms with Crippen LogP contribution in [0.25, 0.3) is 0 Å². The molecule has 424 valence electrons. The van der Waals surface area contributed by atoms with Crippen molar-refractivity contribution in [2.75, 3.05) is 40.9 Å². The second-order valence-corrected chi connectivity index (χ2v) is 22.9. The molecule has 0 heterocycles. The number of rotatable bonds is 54. The number of nitrogens with one attached hydrogen (secondary N) is 1. The molecule has 0 aromatic heterocycles. The van der Waals surface area contributed by atoms with E-state index in [2.05, 4.69) is 86.8 Å². The number of esters is 1. The zero-order chi connectivity index (χ0) is 53.6. The molecule has 1 amide bonds. The van der Waals surface area contributed by atoms with E-state index in [1.807, 2.05) is 33.3 Å². The van der Waals surface area contributed by atoms with Crippen LogP contribution in [0.1, 0.15) is 265 Å². The molecule has 0 aliphatic carbocycles. The molecule has 0 aliphatic heterocycles. The van der Waals surface area contributed by atoms with Gasteiger partial charge in [0.15, 0.2) is 0 Å². The first-order chi connectivity index (χ1) is 35.4. The maximum Gasteiger partial charge on any atom is 0.306 e. The van der Waals surface area contributed by atoms with Gasteiger partial charge in [-0.25, -0.2) is 0 Å². The maximum atomic E-state index is 13.4. The quantitative estimate of drug-likeness (QED) is 0.0212. The van der Waals surface area contributed by atoms with Crippen LogP contribution in [0.4, 0.5) is 0 Å². The van der Waals surface area contributed by atoms with E-state index >= 15 is 0 Å². The van der Waals surface area contributed by atoms with Crippen molar-refractivity contribution in [2.45, 2.75) is 277 Å². The largest absolute Gasteiger partial charge is 0.756 e. The summed E-state index contributed by atoms with van der Waals surface area (Å²) in [5, 5.41) is 3.02. The van der Waals surface area contributed by atoms with Crippen molar-refractivity contribution in [3.8, 4) is 0 Å². The number of amides is 1. The van der Waals surface area contributed by atoms with Crippen LogP contribution in [0.15, 0.2) is 72.9 Å². The number of unbranched alkanes of at least 4 members (excludes halogenated alkanes) is 28. The summed E-state index contributed by atoms with van der Waals surface area (Å²) in [6.45, 7) is 6.71. The lowest BCUT2D eigenvalue weighted by atomic mass is 10.0. The smallest absolute Gasteiger partial charge is 0.306 e. The highest BCUT2D eigenvalue weighted by molar-refractivity contribution is 7.45. The van der Waals surface area contributed by atoms with Gasteiger partial charge in [0.2, 0.25) is 5.91 Å². The zero-order valence-corrected chi connectivity index (χ0v) is 49.2. The highest BCUT2D eigenvalue weighted by Crippen LogP contribution is 2.38. The van der Waals surface area contributed by atoms with Gasteiger partial charge in [0.1, 0.15) is 19.3 Å². The van der Waals surface area contributed by atoms with E-state index in [-0.39, 0.29) is 24.9 Å². The second-order valence-electron chi connectivity index (χ2n) is 21.5. The minimum Gasteiger partial charge on any atom is -0.756 e. The third-order valence-electron chi connectivity index (χ3n) is 13.2. The Kier molecular flexibility index (Phi) is 51.0. The molecule has 0 fully saturated rings. The number of hydrogen-bond donors (Lipinski definition) is 1. The number of nitrogens with zero attached hydrogens (tertiary/aromatic N) is 1. The van der Waals surface area contributed by atoms with Gasteiger partial charge in [-0.2, -0.15) is 0 Å². The molecule has 3 atom stereocenters. The fourth-order valence-electron chi connectivity index (χ4n) is 8.49. The van der Waals surface area contributed by atoms with Crippen LogP contribution >= 0.6 is 7.82 Å². The Hall–Kier alpha value is -2.55. The van der Waals surface area contributed by atoms with Crippen molar-refractivity contribution in [1.82, 2.24) is 5.32 Å². The summed E-state index contributed by atoms with van der Waals surface area (Å²) >= 11 is 0. The molecule has 0 rings (SSSR count). The predicted octanol–water partition coefficient (Wildman–Crippen LogP) is 17.8. The Labute approximate surface area is 451 Å². The Bertz CT molecular complexity index is 1480. The summed E-state index contributed by atoms with van der Waals surface area (Å²) in [6, 6.07) is -0.889. The Morgan fingerprint density at radius 1 is 0.493 bits per heavy atom. The highest BCUT2D eigenvalue weighted by Gasteiger charge is 2.27. The van der Waals surface area contributed by atoms with Crippen molar-refractivity contribution >= 4 is 19.7 Å². The highest BCUT2D eigenvalue weighted by atomic mass is 31.2. The monoisotopic (exact) mass is 1040 g/mol. The molecule has 0 saturated carbocycles. The fraction of sp³-hybridized carbons (Fsp3) is 0.778. The lowest BCUT2D eigenvalue weighted by molar-refractivity contribution is -0.870. The topological polar surface area (TPSA) is 114 Å². The molecular formula is C63H115N2O7P. The van der Waals surface area contributed by atoms with Gasteiger partial charge in [-0.3, -0.25) is 14.2 Å². The standard InChI is InChI=1S/C63H115N2O7P/c1-7-10-13-16-19-22-25-26-27-28-29-30-31-32-33-34-35-36-37-38-41-44-47-50-53-56-63(67)72-61(54-51-48-45-42-39-23-20-17-14-11-8-2)60(59-71-73(68,69)70-58-57-65(4,5)6)64-62(66)55-52-49-46-43-40-24-21-18-15-12-9-3/h10,13,19,22,26-27,29-30,32-33,51,54,60-61H,7-9,11-12,14-18,20-21,23-25,28,31,34-50,52-53,55-59H2,1-6H3,(H-,64,66,68,69)/b13-10-,22-19-,27-26-,30-29-,33-32-,54-51-. The molecule has 0 aromatic carbocycles. The molecule has 9 nitrogen and oxygen atoms in total. The molecule has 0 saturated heterocycles. The van der Waals surface area contributed by atoms with Crippen molar-refractivity contribution in [3.63, 3.8) is 0 Å². The minimum absolute atomic E-state index is 0.0242. The first kappa shape index (κ1) is 70.5. The Balaban J connectivity index is 5.10. The number of quaternary nitrogens is 1. The van der Waals surface area contributed by atoms with Crippen LogP contribution in [0.5, 0.6) is 0 Å². The van der Waals surface area contributed by atoms with E-state index in [0.29, 0.717) is 17.4 Å². The number of ether oxygens (including phenoxy) is 1. The third-order valence-corrected chi connectivity index (χ3v) is 14.1. The first-order valence-electron chi connectivity index (χ1n) is 30.2. The average molecular weight is 1040 g/mol. The number of carbonyl (C=O) groups is 2. The van der Waals surface area contributed by atoms with Crippen LogP contribution in [-0.4, -0.2) is 69.4 Å². The van der Waals surface area contributed by atoms with Gasteiger partial charge in [0.05, 0.1) is 33.8 Å². The number of phosphoric ester groups is 1. The van der Waals surface area contributed by atoms with Crippen LogP contribution in [-0.2, 0) is 27.9 Å². The molecule has 1 N–H and O–H groups in total. The maximum absolute atomic E-state index is 13.4. The molecular weight excluding hydrogens is 928 g/mol. The van der Waals surface area contributed by atoms with Gasteiger partial charge in [-0.1, -0.05) is 248 Å². The summed E-state index contributed by atoms with van der Waals surface area (Å²) in [4.78, 5) is 39.8. The van der Waals surface area contributed by atoms with E-state index in [9.17, 15) is 19.0 Å². The Morgan fingerprint density at radius 3 is 1.32 bits per heavy atom. The normalized spacial score (nSPS) is 14.2. The summed E-state index contributed by atoms with van der Waals surface area (Å²) in [5.41, 5.74) is 0. The van der Waals surface area contributed by atoms with E-state index in [1.54, 1.807) is 0 Å². The van der Waals surface area contributed by atoms with E-state index < -0.39 is 26.6 Å². The van der Waals surface area contributed by atoms with Crippen molar-refractivity contribution in [2.24, 2.45) is 0 Å². The van der Waals surface area contributed by atoms with E-state index in [1.165, 1.54) is 128 Å². The predicted molar refractivity (Wildman–Crippen MR) is 312 cm³/mol. The SMILES string of the molecule is CC/C=C\C/C=C\C/C=C\C/C=C\C/C=C\CCCCCCCCCCCC(=O)OC(/C=C\CCCCCCCCCCC)C(COP(=O)([O-])OCC[N+](C)(C)C)NC(=O)CCCCCCCCCCCCC. The molecule has 0 aliphatic rings. The van der Waals surface area contributed by atoms with Gasteiger partial charge < -0.3 is 28.5 Å². The van der Waals surface area contributed by atoms with Crippen molar-refractivity contribution in [3.05, 3.63) is 72.9 Å². The van der Waals surface area contributed by atoms with Gasteiger partial charge in [0.25, 0.3) is 7.82 Å². The fourth-order valence-corrected chi connectivity index (χ4v) is 9.21. The van der Waals surface area contributed by atoms with Crippen molar-refractivity contribution in [1.29, 1.82) is 0 Å². The Morgan fingerprint density at radius 2 is 0.877 bits per heavy atom. The molecule has 3 unspecified atom stereocenters. The molecule has 73 heavy (non-hydrogen) atoms. The minimum atomic E-state index is -4.69. The van der Waals surface area contributed by atoms with Crippen LogP contribution in [0.3, 0.4) is 0 Å². The third kappa shape index (κ3) is 54.1. The van der Waals surface area contributed by atoms with E-state index in [0.717, 1.165) is 103 Å².